The molecule has 2 atom stereocenters. The van der Waals surface area contributed by atoms with Gasteiger partial charge in [-0.1, -0.05) is 6.42 Å². The number of piperidine rings is 1. The van der Waals surface area contributed by atoms with E-state index in [9.17, 15) is 4.79 Å². The minimum absolute atomic E-state index is 0.0815. The number of amides is 1. The summed E-state index contributed by atoms with van der Waals surface area (Å²) in [5.74, 6) is 0.0815. The fourth-order valence-corrected chi connectivity index (χ4v) is 2.56. The molecule has 1 aliphatic heterocycles. The van der Waals surface area contributed by atoms with Crippen molar-refractivity contribution in [2.24, 2.45) is 0 Å². The fourth-order valence-electron chi connectivity index (χ4n) is 2.56. The molecule has 0 aromatic rings. The monoisotopic (exact) mass is 269 g/mol. The van der Waals surface area contributed by atoms with Gasteiger partial charge in [-0.3, -0.25) is 4.79 Å². The van der Waals surface area contributed by atoms with Crippen LogP contribution in [0.25, 0.3) is 0 Å². The number of carbonyl (C=O) groups is 1. The molecule has 0 saturated carbocycles. The summed E-state index contributed by atoms with van der Waals surface area (Å²) in [7, 11) is 0. The maximum Gasteiger partial charge on any atom is 0.237 e. The van der Waals surface area contributed by atoms with Crippen molar-refractivity contribution in [2.45, 2.75) is 71.5 Å². The summed E-state index contributed by atoms with van der Waals surface area (Å²) >= 11 is 0. The van der Waals surface area contributed by atoms with Crippen molar-refractivity contribution in [3.8, 4) is 0 Å². The van der Waals surface area contributed by atoms with Gasteiger partial charge in [0, 0.05) is 18.1 Å². The Labute approximate surface area is 118 Å². The molecular weight excluding hydrogens is 238 g/mol. The Morgan fingerprint density at radius 3 is 2.26 bits per heavy atom. The van der Waals surface area contributed by atoms with Gasteiger partial charge >= 0.3 is 0 Å². The van der Waals surface area contributed by atoms with Crippen molar-refractivity contribution in [3.63, 3.8) is 0 Å². The van der Waals surface area contributed by atoms with E-state index >= 15 is 0 Å². The molecule has 1 saturated heterocycles. The van der Waals surface area contributed by atoms with Crippen molar-refractivity contribution < 1.29 is 4.79 Å². The van der Waals surface area contributed by atoms with E-state index in [2.05, 4.69) is 22.5 Å². The molecule has 1 aliphatic rings. The highest BCUT2D eigenvalue weighted by Crippen LogP contribution is 2.09. The summed E-state index contributed by atoms with van der Waals surface area (Å²) in [6, 6.07) is 0.206. The van der Waals surface area contributed by atoms with Crippen LogP contribution in [0.15, 0.2) is 0 Å². The minimum Gasteiger partial charge on any atom is -0.350 e. The second-order valence-electron chi connectivity index (χ2n) is 6.89. The summed E-state index contributed by atoms with van der Waals surface area (Å²) in [5, 5.41) is 6.41. The van der Waals surface area contributed by atoms with Crippen molar-refractivity contribution >= 4 is 5.91 Å². The standard InChI is InChI=1S/C15H31N3O/c1-12(11-18-9-7-6-8-10-18)16-13(2)14(19)17-15(3,4)5/h12-13,16H,6-11H2,1-5H3,(H,17,19). The first-order valence-electron chi connectivity index (χ1n) is 7.58. The average molecular weight is 269 g/mol. The molecule has 0 aromatic carbocycles. The lowest BCUT2D eigenvalue weighted by Gasteiger charge is -2.31. The molecule has 0 aliphatic carbocycles. The number of carbonyl (C=O) groups excluding carboxylic acids is 1. The third-order valence-corrected chi connectivity index (χ3v) is 3.41. The smallest absolute Gasteiger partial charge is 0.237 e. The Balaban J connectivity index is 2.30. The molecule has 2 N–H and O–H groups in total. The lowest BCUT2D eigenvalue weighted by Crippen LogP contribution is -2.53. The highest BCUT2D eigenvalue weighted by molar-refractivity contribution is 5.81. The third-order valence-electron chi connectivity index (χ3n) is 3.41. The highest BCUT2D eigenvalue weighted by atomic mass is 16.2. The molecule has 19 heavy (non-hydrogen) atoms. The average Bonchev–Trinajstić information content (AvgIpc) is 2.27. The van der Waals surface area contributed by atoms with Crippen LogP contribution in [0.2, 0.25) is 0 Å². The first kappa shape index (κ1) is 16.4. The van der Waals surface area contributed by atoms with E-state index in [1.807, 2.05) is 27.7 Å². The molecular formula is C15H31N3O. The van der Waals surface area contributed by atoms with E-state index < -0.39 is 0 Å². The Morgan fingerprint density at radius 2 is 1.74 bits per heavy atom. The highest BCUT2D eigenvalue weighted by Gasteiger charge is 2.21. The van der Waals surface area contributed by atoms with Gasteiger partial charge in [-0.05, 0) is 60.5 Å². The Morgan fingerprint density at radius 1 is 1.16 bits per heavy atom. The summed E-state index contributed by atoms with van der Waals surface area (Å²) < 4.78 is 0. The SMILES string of the molecule is CC(CN1CCCCC1)NC(C)C(=O)NC(C)(C)C. The van der Waals surface area contributed by atoms with Crippen molar-refractivity contribution in [1.82, 2.24) is 15.5 Å². The quantitative estimate of drug-likeness (QED) is 0.799. The number of rotatable bonds is 5. The first-order chi connectivity index (χ1) is 8.78. The van der Waals surface area contributed by atoms with Gasteiger partial charge in [0.15, 0.2) is 0 Å². The second-order valence-corrected chi connectivity index (χ2v) is 6.89. The molecule has 0 bridgehead atoms. The van der Waals surface area contributed by atoms with Gasteiger partial charge in [0.05, 0.1) is 6.04 Å². The van der Waals surface area contributed by atoms with Gasteiger partial charge in [0.2, 0.25) is 5.91 Å². The Hall–Kier alpha value is -0.610. The van der Waals surface area contributed by atoms with Crippen molar-refractivity contribution in [1.29, 1.82) is 0 Å². The molecule has 0 spiro atoms. The zero-order valence-electron chi connectivity index (χ0n) is 13.3. The molecule has 1 amide bonds. The summed E-state index contributed by atoms with van der Waals surface area (Å²) in [6.45, 7) is 13.6. The lowest BCUT2D eigenvalue weighted by atomic mass is 10.1. The Bertz CT molecular complexity index is 280. The number of hydrogen-bond donors (Lipinski definition) is 2. The largest absolute Gasteiger partial charge is 0.350 e. The number of hydrogen-bond acceptors (Lipinski definition) is 3. The maximum atomic E-state index is 12.0. The minimum atomic E-state index is -0.164. The third kappa shape index (κ3) is 6.92. The normalized spacial score (nSPS) is 20.9. The van der Waals surface area contributed by atoms with Gasteiger partial charge in [-0.25, -0.2) is 0 Å². The predicted octanol–water partition coefficient (Wildman–Crippen LogP) is 1.75. The van der Waals surface area contributed by atoms with Crippen LogP contribution in [0.4, 0.5) is 0 Å². The van der Waals surface area contributed by atoms with Crippen LogP contribution < -0.4 is 10.6 Å². The first-order valence-corrected chi connectivity index (χ1v) is 7.58. The van der Waals surface area contributed by atoms with Crippen LogP contribution in [0, 0.1) is 0 Å². The predicted molar refractivity (Wildman–Crippen MR) is 80.2 cm³/mol. The molecule has 1 heterocycles. The van der Waals surface area contributed by atoms with Crippen LogP contribution in [0.5, 0.6) is 0 Å². The van der Waals surface area contributed by atoms with Crippen LogP contribution >= 0.6 is 0 Å². The van der Waals surface area contributed by atoms with Crippen molar-refractivity contribution in [2.75, 3.05) is 19.6 Å². The topological polar surface area (TPSA) is 44.4 Å². The zero-order valence-corrected chi connectivity index (χ0v) is 13.3. The van der Waals surface area contributed by atoms with E-state index in [1.165, 1.54) is 32.4 Å². The summed E-state index contributed by atoms with van der Waals surface area (Å²) in [6.07, 6.45) is 3.99. The van der Waals surface area contributed by atoms with E-state index in [0.29, 0.717) is 6.04 Å². The van der Waals surface area contributed by atoms with E-state index in [0.717, 1.165) is 6.54 Å². The lowest BCUT2D eigenvalue weighted by molar-refractivity contribution is -0.124. The van der Waals surface area contributed by atoms with Gasteiger partial charge < -0.3 is 15.5 Å². The van der Waals surface area contributed by atoms with Gasteiger partial charge in [-0.2, -0.15) is 0 Å². The maximum absolute atomic E-state index is 12.0. The van der Waals surface area contributed by atoms with Gasteiger partial charge in [-0.15, -0.1) is 0 Å². The van der Waals surface area contributed by atoms with Crippen LogP contribution in [-0.4, -0.2) is 48.1 Å². The molecule has 4 heteroatoms. The van der Waals surface area contributed by atoms with E-state index in [-0.39, 0.29) is 17.5 Å². The van der Waals surface area contributed by atoms with E-state index in [1.54, 1.807) is 0 Å². The fraction of sp³-hybridized carbons (Fsp3) is 0.933. The molecule has 4 nitrogen and oxygen atoms in total. The second kappa shape index (κ2) is 7.25. The molecule has 1 rings (SSSR count). The Kier molecular flexibility index (Phi) is 6.27. The summed E-state index contributed by atoms with van der Waals surface area (Å²) in [5.41, 5.74) is -0.164. The number of nitrogens with one attached hydrogen (secondary N) is 2. The van der Waals surface area contributed by atoms with Crippen molar-refractivity contribution in [3.05, 3.63) is 0 Å². The van der Waals surface area contributed by atoms with E-state index in [4.69, 9.17) is 0 Å². The number of likely N-dealkylation sites (tertiary alicyclic amines) is 1. The molecule has 0 aromatic heterocycles. The van der Waals surface area contributed by atoms with Crippen LogP contribution in [-0.2, 0) is 4.79 Å². The summed E-state index contributed by atoms with van der Waals surface area (Å²) in [4.78, 5) is 14.5. The van der Waals surface area contributed by atoms with Gasteiger partial charge in [0.25, 0.3) is 0 Å². The van der Waals surface area contributed by atoms with Gasteiger partial charge in [0.1, 0.15) is 0 Å². The molecule has 2 unspecified atom stereocenters. The molecule has 112 valence electrons. The molecule has 0 radical (unpaired) electrons. The zero-order chi connectivity index (χ0) is 14.5. The number of nitrogens with zero attached hydrogens (tertiary/aromatic N) is 1. The van der Waals surface area contributed by atoms with Crippen LogP contribution in [0.3, 0.4) is 0 Å². The molecule has 1 fully saturated rings. The van der Waals surface area contributed by atoms with Crippen LogP contribution in [0.1, 0.15) is 53.9 Å².